The minimum absolute atomic E-state index is 0.861. The summed E-state index contributed by atoms with van der Waals surface area (Å²) < 4.78 is 5.38. The molecule has 0 fully saturated rings. The van der Waals surface area contributed by atoms with Gasteiger partial charge in [0.15, 0.2) is 0 Å². The molecule has 1 aromatic rings. The van der Waals surface area contributed by atoms with Crippen LogP contribution in [0.4, 0.5) is 0 Å². The molecule has 1 nitrogen and oxygen atoms in total. The van der Waals surface area contributed by atoms with E-state index in [1.807, 2.05) is 12.1 Å². The summed E-state index contributed by atoms with van der Waals surface area (Å²) in [4.78, 5) is 0. The summed E-state index contributed by atoms with van der Waals surface area (Å²) in [6.45, 7) is 7.24. The molecule has 2 rings (SSSR count). The monoisotopic (exact) mass is 178 g/mol. The number of fused-ring (bicyclic) bond motifs is 1. The fraction of sp³-hybridized carbons (Fsp3) is 0.500. The minimum atomic E-state index is 0.861. The molecule has 1 aliphatic heterocycles. The largest absolute Gasteiger partial charge is 0.493 e. The first kappa shape index (κ1) is 10.1. The number of hydrogen-bond acceptors (Lipinski definition) is 1. The van der Waals surface area contributed by atoms with Crippen molar-refractivity contribution in [3.05, 3.63) is 29.3 Å². The van der Waals surface area contributed by atoms with Crippen LogP contribution >= 0.6 is 0 Å². The molecule has 0 bridgehead atoms. The Morgan fingerprint density at radius 3 is 2.62 bits per heavy atom. The van der Waals surface area contributed by atoms with Gasteiger partial charge in [-0.15, -0.1) is 0 Å². The molecule has 0 atom stereocenters. The molecule has 13 heavy (non-hydrogen) atoms. The van der Waals surface area contributed by atoms with Crippen LogP contribution in [0.15, 0.2) is 18.2 Å². The normalized spacial score (nSPS) is 12.5. The molecule has 1 heterocycles. The van der Waals surface area contributed by atoms with Gasteiger partial charge in [0.2, 0.25) is 0 Å². The predicted octanol–water partition coefficient (Wildman–Crippen LogP) is 3.35. The number of ether oxygens (including phenoxy) is 1. The molecule has 0 saturated heterocycles. The first-order valence-electron chi connectivity index (χ1n) is 5.00. The fourth-order valence-corrected chi connectivity index (χ4v) is 1.39. The van der Waals surface area contributed by atoms with Gasteiger partial charge in [0.1, 0.15) is 5.75 Å². The van der Waals surface area contributed by atoms with Gasteiger partial charge in [0.25, 0.3) is 0 Å². The van der Waals surface area contributed by atoms with Crippen LogP contribution in [-0.4, -0.2) is 6.61 Å². The highest BCUT2D eigenvalue weighted by atomic mass is 16.5. The highest BCUT2D eigenvalue weighted by molar-refractivity contribution is 5.41. The number of hydrogen-bond donors (Lipinski definition) is 0. The zero-order valence-electron chi connectivity index (χ0n) is 8.76. The molecule has 0 radical (unpaired) electrons. The SMILES string of the molecule is CCC.Cc1cccc2c1CCO2. The second-order valence-electron chi connectivity index (χ2n) is 3.36. The van der Waals surface area contributed by atoms with Crippen LogP contribution in [0, 0.1) is 6.92 Å². The van der Waals surface area contributed by atoms with Gasteiger partial charge in [-0.3, -0.25) is 0 Å². The van der Waals surface area contributed by atoms with Crippen molar-refractivity contribution in [2.75, 3.05) is 6.61 Å². The molecule has 1 aliphatic rings. The smallest absolute Gasteiger partial charge is 0.122 e. The van der Waals surface area contributed by atoms with Gasteiger partial charge >= 0.3 is 0 Å². The van der Waals surface area contributed by atoms with E-state index >= 15 is 0 Å². The first-order valence-corrected chi connectivity index (χ1v) is 5.00. The summed E-state index contributed by atoms with van der Waals surface area (Å²) in [5.41, 5.74) is 2.75. The topological polar surface area (TPSA) is 9.23 Å². The second-order valence-corrected chi connectivity index (χ2v) is 3.36. The lowest BCUT2D eigenvalue weighted by atomic mass is 10.1. The Morgan fingerprint density at radius 2 is 2.00 bits per heavy atom. The Labute approximate surface area is 80.7 Å². The maximum atomic E-state index is 5.38. The lowest BCUT2D eigenvalue weighted by molar-refractivity contribution is 0.357. The Bertz CT molecular complexity index is 266. The summed E-state index contributed by atoms with van der Waals surface area (Å²) in [7, 11) is 0. The highest BCUT2D eigenvalue weighted by Crippen LogP contribution is 2.26. The zero-order valence-corrected chi connectivity index (χ0v) is 8.76. The maximum Gasteiger partial charge on any atom is 0.122 e. The van der Waals surface area contributed by atoms with E-state index in [1.54, 1.807) is 0 Å². The van der Waals surface area contributed by atoms with E-state index in [1.165, 1.54) is 17.5 Å². The van der Waals surface area contributed by atoms with E-state index in [0.29, 0.717) is 0 Å². The van der Waals surface area contributed by atoms with Gasteiger partial charge in [-0.2, -0.15) is 0 Å². The standard InChI is InChI=1S/C9H10O.C3H8/c1-7-3-2-4-9-8(7)5-6-10-9;1-3-2/h2-4H,5-6H2,1H3;3H2,1-2H3. The van der Waals surface area contributed by atoms with Crippen molar-refractivity contribution in [2.24, 2.45) is 0 Å². The van der Waals surface area contributed by atoms with Crippen LogP contribution in [-0.2, 0) is 6.42 Å². The third kappa shape index (κ3) is 2.48. The molecule has 0 unspecified atom stereocenters. The molecule has 0 saturated carbocycles. The predicted molar refractivity (Wildman–Crippen MR) is 56.3 cm³/mol. The average molecular weight is 178 g/mol. The lowest BCUT2D eigenvalue weighted by Gasteiger charge is -1.99. The van der Waals surface area contributed by atoms with Gasteiger partial charge in [-0.25, -0.2) is 0 Å². The van der Waals surface area contributed by atoms with E-state index in [0.717, 1.165) is 18.8 Å². The number of rotatable bonds is 0. The zero-order chi connectivity index (χ0) is 9.68. The quantitative estimate of drug-likeness (QED) is 0.592. The van der Waals surface area contributed by atoms with Crippen molar-refractivity contribution in [3.8, 4) is 5.75 Å². The molecule has 72 valence electrons. The summed E-state index contributed by atoms with van der Waals surface area (Å²) in [5, 5.41) is 0. The van der Waals surface area contributed by atoms with Gasteiger partial charge in [0.05, 0.1) is 6.61 Å². The minimum Gasteiger partial charge on any atom is -0.493 e. The van der Waals surface area contributed by atoms with Gasteiger partial charge < -0.3 is 4.74 Å². The Hall–Kier alpha value is -0.980. The van der Waals surface area contributed by atoms with Crippen LogP contribution < -0.4 is 4.74 Å². The molecule has 0 amide bonds. The van der Waals surface area contributed by atoms with Crippen LogP contribution in [0.2, 0.25) is 0 Å². The third-order valence-corrected chi connectivity index (χ3v) is 1.98. The Balaban J connectivity index is 0.000000251. The first-order chi connectivity index (χ1) is 6.29. The number of benzene rings is 1. The van der Waals surface area contributed by atoms with Crippen LogP contribution in [0.1, 0.15) is 31.4 Å². The highest BCUT2D eigenvalue weighted by Gasteiger charge is 2.12. The van der Waals surface area contributed by atoms with Crippen molar-refractivity contribution in [1.82, 2.24) is 0 Å². The van der Waals surface area contributed by atoms with Crippen molar-refractivity contribution in [2.45, 2.75) is 33.6 Å². The van der Waals surface area contributed by atoms with Crippen molar-refractivity contribution >= 4 is 0 Å². The molecule has 0 spiro atoms. The van der Waals surface area contributed by atoms with Crippen LogP contribution in [0.3, 0.4) is 0 Å². The summed E-state index contributed by atoms with van der Waals surface area (Å²) in [6, 6.07) is 6.21. The summed E-state index contributed by atoms with van der Waals surface area (Å²) >= 11 is 0. The fourth-order valence-electron chi connectivity index (χ4n) is 1.39. The Kier molecular flexibility index (Phi) is 3.81. The average Bonchev–Trinajstić information content (AvgIpc) is 2.54. The van der Waals surface area contributed by atoms with E-state index in [-0.39, 0.29) is 0 Å². The summed E-state index contributed by atoms with van der Waals surface area (Å²) in [5.74, 6) is 1.08. The molecule has 0 aromatic heterocycles. The maximum absolute atomic E-state index is 5.38. The van der Waals surface area contributed by atoms with Crippen LogP contribution in [0.25, 0.3) is 0 Å². The van der Waals surface area contributed by atoms with E-state index in [4.69, 9.17) is 4.74 Å². The molecular formula is C12H18O. The van der Waals surface area contributed by atoms with E-state index < -0.39 is 0 Å². The Morgan fingerprint density at radius 1 is 1.31 bits per heavy atom. The lowest BCUT2D eigenvalue weighted by Crippen LogP contribution is -1.86. The molecular weight excluding hydrogens is 160 g/mol. The van der Waals surface area contributed by atoms with Gasteiger partial charge in [-0.05, 0) is 18.6 Å². The number of aryl methyl sites for hydroxylation is 1. The molecule has 1 heteroatoms. The van der Waals surface area contributed by atoms with Gasteiger partial charge in [-0.1, -0.05) is 32.4 Å². The molecule has 0 N–H and O–H groups in total. The molecule has 1 aromatic carbocycles. The van der Waals surface area contributed by atoms with E-state index in [2.05, 4.69) is 26.8 Å². The van der Waals surface area contributed by atoms with E-state index in [9.17, 15) is 0 Å². The van der Waals surface area contributed by atoms with Gasteiger partial charge in [0, 0.05) is 12.0 Å². The second kappa shape index (κ2) is 4.90. The van der Waals surface area contributed by atoms with Crippen LogP contribution in [0.5, 0.6) is 5.75 Å². The van der Waals surface area contributed by atoms with Crippen molar-refractivity contribution in [1.29, 1.82) is 0 Å². The summed E-state index contributed by atoms with van der Waals surface area (Å²) in [6.07, 6.45) is 2.34. The third-order valence-electron chi connectivity index (χ3n) is 1.98. The molecule has 0 aliphatic carbocycles. The van der Waals surface area contributed by atoms with Crippen molar-refractivity contribution in [3.63, 3.8) is 0 Å². The van der Waals surface area contributed by atoms with Crippen molar-refractivity contribution < 1.29 is 4.74 Å².